The molecule has 1 aromatic carbocycles. The number of anilines is 1. The third-order valence-electron chi connectivity index (χ3n) is 4.63. The number of rotatable bonds is 8. The molecule has 0 spiro atoms. The van der Waals surface area contributed by atoms with Gasteiger partial charge in [-0.3, -0.25) is 9.59 Å². The van der Waals surface area contributed by atoms with E-state index in [0.717, 1.165) is 0 Å². The fourth-order valence-corrected chi connectivity index (χ4v) is 3.51. The molecule has 0 N–H and O–H groups in total. The highest BCUT2D eigenvalue weighted by Gasteiger charge is 2.38. The summed E-state index contributed by atoms with van der Waals surface area (Å²) in [6, 6.07) is 5.35. The molecule has 27 heavy (non-hydrogen) atoms. The van der Waals surface area contributed by atoms with Crippen LogP contribution in [0.5, 0.6) is 11.5 Å². The predicted octanol–water partition coefficient (Wildman–Crippen LogP) is 3.20. The molecular weight excluding hydrogens is 344 g/mol. The van der Waals surface area contributed by atoms with Crippen molar-refractivity contribution < 1.29 is 19.1 Å². The van der Waals surface area contributed by atoms with Crippen molar-refractivity contribution in [2.45, 2.75) is 34.1 Å². The molecule has 1 aromatic rings. The molecule has 0 radical (unpaired) electrons. The van der Waals surface area contributed by atoms with E-state index in [0.29, 0.717) is 48.7 Å². The van der Waals surface area contributed by atoms with Crippen LogP contribution in [0.4, 0.5) is 5.69 Å². The van der Waals surface area contributed by atoms with Gasteiger partial charge in [0.1, 0.15) is 11.5 Å². The lowest BCUT2D eigenvalue weighted by molar-refractivity contribution is -0.136. The topological polar surface area (TPSA) is 59.1 Å². The summed E-state index contributed by atoms with van der Waals surface area (Å²) < 4.78 is 10.7. The number of methoxy groups -OCH3 is 2. The molecule has 150 valence electrons. The van der Waals surface area contributed by atoms with Crippen LogP contribution < -0.4 is 14.4 Å². The summed E-state index contributed by atoms with van der Waals surface area (Å²) >= 11 is 0. The second-order valence-corrected chi connectivity index (χ2v) is 7.97. The van der Waals surface area contributed by atoms with Crippen LogP contribution >= 0.6 is 0 Å². The average molecular weight is 376 g/mol. The van der Waals surface area contributed by atoms with Crippen molar-refractivity contribution in [1.82, 2.24) is 4.90 Å². The molecule has 1 fully saturated rings. The number of hydrogen-bond acceptors (Lipinski definition) is 4. The monoisotopic (exact) mass is 376 g/mol. The fourth-order valence-electron chi connectivity index (χ4n) is 3.51. The van der Waals surface area contributed by atoms with E-state index in [1.807, 2.05) is 4.90 Å². The Labute approximate surface area is 162 Å². The first-order valence-electron chi connectivity index (χ1n) is 9.58. The molecule has 2 rings (SSSR count). The highest BCUT2D eigenvalue weighted by molar-refractivity contribution is 6.01. The second kappa shape index (κ2) is 9.11. The molecule has 0 bridgehead atoms. The van der Waals surface area contributed by atoms with Crippen LogP contribution in [0.1, 0.15) is 34.1 Å². The Bertz CT molecular complexity index is 662. The Morgan fingerprint density at radius 2 is 1.78 bits per heavy atom. The molecule has 6 heteroatoms. The van der Waals surface area contributed by atoms with Gasteiger partial charge in [0.25, 0.3) is 0 Å². The van der Waals surface area contributed by atoms with Gasteiger partial charge in [0, 0.05) is 32.1 Å². The molecule has 1 aliphatic rings. The standard InChI is InChI=1S/C21H32N2O4/c1-14(2)11-22(12-15(3)4)21(25)16-9-20(24)23(13-16)18-10-17(26-5)7-8-19(18)27-6/h7-8,10,14-16H,9,11-13H2,1-6H3/t16-/m0/s1. The van der Waals surface area contributed by atoms with Crippen molar-refractivity contribution in [3.05, 3.63) is 18.2 Å². The Morgan fingerprint density at radius 1 is 1.15 bits per heavy atom. The maximum Gasteiger partial charge on any atom is 0.228 e. The lowest BCUT2D eigenvalue weighted by Crippen LogP contribution is -2.41. The van der Waals surface area contributed by atoms with Gasteiger partial charge in [-0.05, 0) is 24.0 Å². The van der Waals surface area contributed by atoms with Crippen molar-refractivity contribution in [1.29, 1.82) is 0 Å². The maximum absolute atomic E-state index is 13.1. The van der Waals surface area contributed by atoms with Gasteiger partial charge in [-0.25, -0.2) is 0 Å². The van der Waals surface area contributed by atoms with E-state index in [1.54, 1.807) is 37.3 Å². The zero-order valence-corrected chi connectivity index (χ0v) is 17.3. The number of nitrogens with zero attached hydrogens (tertiary/aromatic N) is 2. The number of hydrogen-bond donors (Lipinski definition) is 0. The van der Waals surface area contributed by atoms with Crippen LogP contribution in [0, 0.1) is 17.8 Å². The maximum atomic E-state index is 13.1. The van der Waals surface area contributed by atoms with Crippen LogP contribution in [0.25, 0.3) is 0 Å². The number of carbonyl (C=O) groups excluding carboxylic acids is 2. The number of benzene rings is 1. The largest absolute Gasteiger partial charge is 0.497 e. The van der Waals surface area contributed by atoms with Gasteiger partial charge in [0.15, 0.2) is 0 Å². The normalized spacial score (nSPS) is 17.0. The first-order chi connectivity index (χ1) is 12.8. The van der Waals surface area contributed by atoms with E-state index in [-0.39, 0.29) is 24.2 Å². The van der Waals surface area contributed by atoms with Crippen molar-refractivity contribution in [3.63, 3.8) is 0 Å². The van der Waals surface area contributed by atoms with Crippen LogP contribution in [-0.2, 0) is 9.59 Å². The van der Waals surface area contributed by atoms with Crippen LogP contribution in [0.15, 0.2) is 18.2 Å². The summed E-state index contributed by atoms with van der Waals surface area (Å²) in [6.45, 7) is 10.2. The highest BCUT2D eigenvalue weighted by Crippen LogP contribution is 2.36. The quantitative estimate of drug-likeness (QED) is 0.699. The van der Waals surface area contributed by atoms with Crippen molar-refractivity contribution in [2.24, 2.45) is 17.8 Å². The summed E-state index contributed by atoms with van der Waals surface area (Å²) in [5.74, 6) is 1.70. The molecule has 0 saturated carbocycles. The lowest BCUT2D eigenvalue weighted by atomic mass is 10.0. The number of carbonyl (C=O) groups is 2. The second-order valence-electron chi connectivity index (χ2n) is 7.97. The average Bonchev–Trinajstić information content (AvgIpc) is 3.00. The Morgan fingerprint density at radius 3 is 2.30 bits per heavy atom. The summed E-state index contributed by atoms with van der Waals surface area (Å²) in [7, 11) is 3.15. The first-order valence-corrected chi connectivity index (χ1v) is 9.58. The summed E-state index contributed by atoms with van der Waals surface area (Å²) in [5.41, 5.74) is 0.649. The van der Waals surface area contributed by atoms with Crippen LogP contribution in [0.3, 0.4) is 0 Å². The zero-order valence-electron chi connectivity index (χ0n) is 17.3. The van der Waals surface area contributed by atoms with E-state index in [1.165, 1.54) is 0 Å². The molecule has 1 saturated heterocycles. The van der Waals surface area contributed by atoms with Gasteiger partial charge in [-0.15, -0.1) is 0 Å². The summed E-state index contributed by atoms with van der Waals surface area (Å²) in [5, 5.41) is 0. The Balaban J connectivity index is 2.22. The van der Waals surface area contributed by atoms with Crippen molar-refractivity contribution in [2.75, 3.05) is 38.8 Å². The van der Waals surface area contributed by atoms with Gasteiger partial charge >= 0.3 is 0 Å². The predicted molar refractivity (Wildman–Crippen MR) is 106 cm³/mol. The van der Waals surface area contributed by atoms with E-state index in [4.69, 9.17) is 9.47 Å². The lowest BCUT2D eigenvalue weighted by Gasteiger charge is -2.29. The van der Waals surface area contributed by atoms with Crippen LogP contribution in [0.2, 0.25) is 0 Å². The molecule has 0 aromatic heterocycles. The van der Waals surface area contributed by atoms with Crippen molar-refractivity contribution >= 4 is 17.5 Å². The van der Waals surface area contributed by atoms with Gasteiger partial charge in [-0.1, -0.05) is 27.7 Å². The molecule has 1 atom stereocenters. The van der Waals surface area contributed by atoms with Crippen molar-refractivity contribution in [3.8, 4) is 11.5 Å². The number of ether oxygens (including phenoxy) is 2. The molecule has 6 nitrogen and oxygen atoms in total. The van der Waals surface area contributed by atoms with Gasteiger partial charge in [0.2, 0.25) is 11.8 Å². The fraction of sp³-hybridized carbons (Fsp3) is 0.619. The molecule has 2 amide bonds. The third kappa shape index (κ3) is 5.15. The smallest absolute Gasteiger partial charge is 0.228 e. The van der Waals surface area contributed by atoms with E-state index in [2.05, 4.69) is 27.7 Å². The van der Waals surface area contributed by atoms with E-state index in [9.17, 15) is 9.59 Å². The minimum atomic E-state index is -0.328. The molecule has 0 unspecified atom stereocenters. The Hall–Kier alpha value is -2.24. The molecule has 1 aliphatic heterocycles. The summed E-state index contributed by atoms with van der Waals surface area (Å²) in [6.07, 6.45) is 0.228. The first kappa shape index (κ1) is 21.1. The van der Waals surface area contributed by atoms with Crippen LogP contribution in [-0.4, -0.2) is 50.6 Å². The van der Waals surface area contributed by atoms with E-state index < -0.39 is 0 Å². The summed E-state index contributed by atoms with van der Waals surface area (Å²) in [4.78, 5) is 29.4. The van der Waals surface area contributed by atoms with Gasteiger partial charge in [-0.2, -0.15) is 0 Å². The number of amides is 2. The van der Waals surface area contributed by atoms with Gasteiger partial charge < -0.3 is 19.3 Å². The Kier molecular flexibility index (Phi) is 7.11. The molecule has 0 aliphatic carbocycles. The minimum Gasteiger partial charge on any atom is -0.497 e. The van der Waals surface area contributed by atoms with E-state index >= 15 is 0 Å². The zero-order chi connectivity index (χ0) is 20.1. The molecule has 1 heterocycles. The minimum absolute atomic E-state index is 0.0612. The highest BCUT2D eigenvalue weighted by atomic mass is 16.5. The third-order valence-corrected chi connectivity index (χ3v) is 4.63. The SMILES string of the molecule is COc1ccc(OC)c(N2C[C@@H](C(=O)N(CC(C)C)CC(C)C)CC2=O)c1. The van der Waals surface area contributed by atoms with Gasteiger partial charge in [0.05, 0.1) is 25.8 Å². The molecular formula is C21H32N2O4.